The van der Waals surface area contributed by atoms with Gasteiger partial charge in [-0.1, -0.05) is 42.5 Å². The topological polar surface area (TPSA) is 77.1 Å². The summed E-state index contributed by atoms with van der Waals surface area (Å²) in [7, 11) is 0. The van der Waals surface area contributed by atoms with Crippen LogP contribution in [0.4, 0.5) is 18.0 Å². The molecule has 0 radical (unpaired) electrons. The quantitative estimate of drug-likeness (QED) is 0.502. The van der Waals surface area contributed by atoms with Crippen LogP contribution in [0.25, 0.3) is 0 Å². The van der Waals surface area contributed by atoms with E-state index in [4.69, 9.17) is 14.2 Å². The van der Waals surface area contributed by atoms with Gasteiger partial charge in [-0.2, -0.15) is 13.2 Å². The van der Waals surface area contributed by atoms with Crippen molar-refractivity contribution in [2.45, 2.75) is 38.3 Å². The molecule has 3 rings (SSSR count). The van der Waals surface area contributed by atoms with Crippen LogP contribution >= 0.6 is 0 Å². The third kappa shape index (κ3) is 9.22. The van der Waals surface area contributed by atoms with Crippen molar-refractivity contribution in [3.63, 3.8) is 0 Å². The molecule has 1 atom stereocenters. The lowest BCUT2D eigenvalue weighted by atomic mass is 10.1. The average molecular weight is 495 g/mol. The zero-order valence-corrected chi connectivity index (χ0v) is 19.3. The Morgan fingerprint density at radius 2 is 1.83 bits per heavy atom. The smallest absolute Gasteiger partial charge is 0.416 e. The molecule has 1 fully saturated rings. The number of carbonyl (C=O) groups excluding carboxylic acids is 2. The van der Waals surface area contributed by atoms with Gasteiger partial charge < -0.3 is 24.4 Å². The number of nitrogens with one attached hydrogen (secondary N) is 1. The van der Waals surface area contributed by atoms with E-state index in [1.54, 1.807) is 11.0 Å². The molecule has 35 heavy (non-hydrogen) atoms. The van der Waals surface area contributed by atoms with Crippen molar-refractivity contribution in [3.8, 4) is 0 Å². The molecule has 2 amide bonds. The SMILES string of the molecule is O=C(NCCCC(=O)N1CCO[C@@H](COCc2cccc(C(F)(F)F)c2)C1)OCc1ccccc1. The Hall–Kier alpha value is -3.11. The highest BCUT2D eigenvalue weighted by molar-refractivity contribution is 5.76. The first-order valence-corrected chi connectivity index (χ1v) is 11.4. The van der Waals surface area contributed by atoms with Crippen LogP contribution in [0.3, 0.4) is 0 Å². The van der Waals surface area contributed by atoms with Crippen molar-refractivity contribution >= 4 is 12.0 Å². The molecule has 1 heterocycles. The molecule has 1 saturated heterocycles. The number of carbonyl (C=O) groups is 2. The summed E-state index contributed by atoms with van der Waals surface area (Å²) < 4.78 is 54.8. The number of hydrogen-bond donors (Lipinski definition) is 1. The van der Waals surface area contributed by atoms with Gasteiger partial charge in [0.25, 0.3) is 0 Å². The van der Waals surface area contributed by atoms with Gasteiger partial charge in [0.15, 0.2) is 0 Å². The van der Waals surface area contributed by atoms with E-state index in [0.29, 0.717) is 38.2 Å². The molecular formula is C25H29F3N2O5. The molecule has 2 aromatic carbocycles. The number of hydrogen-bond acceptors (Lipinski definition) is 5. The largest absolute Gasteiger partial charge is 0.445 e. The second kappa shape index (κ2) is 13.1. The number of amides is 2. The summed E-state index contributed by atoms with van der Waals surface area (Å²) in [4.78, 5) is 25.9. The summed E-state index contributed by atoms with van der Waals surface area (Å²) in [6.45, 7) is 1.82. The third-order valence-electron chi connectivity index (χ3n) is 5.37. The number of nitrogens with zero attached hydrogens (tertiary/aromatic N) is 1. The molecule has 0 saturated carbocycles. The predicted octanol–water partition coefficient (Wildman–Crippen LogP) is 4.16. The Morgan fingerprint density at radius 1 is 1.06 bits per heavy atom. The van der Waals surface area contributed by atoms with Crippen LogP contribution < -0.4 is 5.32 Å². The minimum Gasteiger partial charge on any atom is -0.445 e. The van der Waals surface area contributed by atoms with Crippen molar-refractivity contribution in [2.75, 3.05) is 32.8 Å². The lowest BCUT2D eigenvalue weighted by Crippen LogP contribution is -2.47. The van der Waals surface area contributed by atoms with Gasteiger partial charge in [-0.3, -0.25) is 4.79 Å². The maximum absolute atomic E-state index is 12.8. The van der Waals surface area contributed by atoms with Crippen LogP contribution in [0.1, 0.15) is 29.5 Å². The summed E-state index contributed by atoms with van der Waals surface area (Å²) in [6.07, 6.45) is -4.57. The molecular weight excluding hydrogens is 465 g/mol. The molecule has 1 N–H and O–H groups in total. The van der Waals surface area contributed by atoms with Gasteiger partial charge >= 0.3 is 12.3 Å². The molecule has 0 aromatic heterocycles. The van der Waals surface area contributed by atoms with Crippen molar-refractivity contribution in [1.82, 2.24) is 10.2 Å². The zero-order chi connectivity index (χ0) is 25.1. The highest BCUT2D eigenvalue weighted by Gasteiger charge is 2.30. The van der Waals surface area contributed by atoms with Gasteiger partial charge in [0, 0.05) is 26.1 Å². The van der Waals surface area contributed by atoms with E-state index in [1.807, 2.05) is 30.3 Å². The van der Waals surface area contributed by atoms with E-state index in [0.717, 1.165) is 17.7 Å². The van der Waals surface area contributed by atoms with Crippen molar-refractivity contribution in [3.05, 3.63) is 71.3 Å². The normalized spacial score (nSPS) is 16.1. The van der Waals surface area contributed by atoms with Gasteiger partial charge in [0.2, 0.25) is 5.91 Å². The van der Waals surface area contributed by atoms with Gasteiger partial charge in [0.05, 0.1) is 31.5 Å². The first-order valence-electron chi connectivity index (χ1n) is 11.4. The van der Waals surface area contributed by atoms with Gasteiger partial charge in [-0.15, -0.1) is 0 Å². The number of alkyl carbamates (subject to hydrolysis) is 1. The van der Waals surface area contributed by atoms with Crippen molar-refractivity contribution in [2.24, 2.45) is 0 Å². The molecule has 2 aromatic rings. The fourth-order valence-corrected chi connectivity index (χ4v) is 3.55. The second-order valence-corrected chi connectivity index (χ2v) is 8.14. The van der Waals surface area contributed by atoms with Gasteiger partial charge in [-0.25, -0.2) is 4.79 Å². The summed E-state index contributed by atoms with van der Waals surface area (Å²) >= 11 is 0. The molecule has 7 nitrogen and oxygen atoms in total. The van der Waals surface area contributed by atoms with E-state index in [1.165, 1.54) is 6.07 Å². The van der Waals surface area contributed by atoms with E-state index in [9.17, 15) is 22.8 Å². The van der Waals surface area contributed by atoms with Crippen LogP contribution in [0.5, 0.6) is 0 Å². The minimum atomic E-state index is -4.40. The summed E-state index contributed by atoms with van der Waals surface area (Å²) in [5.74, 6) is -0.0596. The fraction of sp³-hybridized carbons (Fsp3) is 0.440. The Balaban J connectivity index is 1.30. The summed E-state index contributed by atoms with van der Waals surface area (Å²) in [6, 6.07) is 14.3. The van der Waals surface area contributed by atoms with Gasteiger partial charge in [-0.05, 0) is 29.7 Å². The lowest BCUT2D eigenvalue weighted by Gasteiger charge is -2.33. The summed E-state index contributed by atoms with van der Waals surface area (Å²) in [5.41, 5.74) is 0.583. The van der Waals surface area contributed by atoms with E-state index in [2.05, 4.69) is 5.32 Å². The van der Waals surface area contributed by atoms with E-state index < -0.39 is 17.8 Å². The van der Waals surface area contributed by atoms with Crippen LogP contribution in [-0.4, -0.2) is 55.9 Å². The molecule has 10 heteroatoms. The highest BCUT2D eigenvalue weighted by atomic mass is 19.4. The molecule has 190 valence electrons. The molecule has 0 bridgehead atoms. The maximum Gasteiger partial charge on any atom is 0.416 e. The van der Waals surface area contributed by atoms with Crippen LogP contribution in [-0.2, 0) is 38.4 Å². The van der Waals surface area contributed by atoms with Crippen molar-refractivity contribution in [1.29, 1.82) is 0 Å². The third-order valence-corrected chi connectivity index (χ3v) is 5.37. The standard InChI is InChI=1S/C25H29F3N2O5/c26-25(27,28)21-9-4-8-20(14-21)16-33-18-22-15-30(12-13-34-22)23(31)10-5-11-29-24(32)35-17-19-6-2-1-3-7-19/h1-4,6-9,14,22H,5,10-13,15-18H2,(H,29,32)/t22-/m1/s1. The Bertz CT molecular complexity index is 956. The number of benzene rings is 2. The van der Waals surface area contributed by atoms with Crippen LogP contribution in [0.2, 0.25) is 0 Å². The first kappa shape index (κ1) is 26.5. The number of ether oxygens (including phenoxy) is 3. The Kier molecular flexibility index (Phi) is 9.92. The fourth-order valence-electron chi connectivity index (χ4n) is 3.55. The molecule has 1 aliphatic rings. The molecule has 0 unspecified atom stereocenters. The number of rotatable bonds is 10. The van der Waals surface area contributed by atoms with Gasteiger partial charge in [0.1, 0.15) is 6.61 Å². The van der Waals surface area contributed by atoms with E-state index >= 15 is 0 Å². The van der Waals surface area contributed by atoms with Crippen molar-refractivity contribution < 1.29 is 37.0 Å². The van der Waals surface area contributed by atoms with Crippen LogP contribution in [0, 0.1) is 0 Å². The first-order chi connectivity index (χ1) is 16.8. The highest BCUT2D eigenvalue weighted by Crippen LogP contribution is 2.29. The minimum absolute atomic E-state index is 0.0176. The van der Waals surface area contributed by atoms with Crippen LogP contribution in [0.15, 0.2) is 54.6 Å². The maximum atomic E-state index is 12.8. The average Bonchev–Trinajstić information content (AvgIpc) is 2.86. The lowest BCUT2D eigenvalue weighted by molar-refractivity contribution is -0.141. The Labute approximate surface area is 202 Å². The number of morpholine rings is 1. The predicted molar refractivity (Wildman–Crippen MR) is 121 cm³/mol. The molecule has 0 aliphatic carbocycles. The molecule has 0 spiro atoms. The zero-order valence-electron chi connectivity index (χ0n) is 19.3. The monoisotopic (exact) mass is 494 g/mol. The van der Waals surface area contributed by atoms with E-state index in [-0.39, 0.29) is 38.3 Å². The number of alkyl halides is 3. The molecule has 1 aliphatic heterocycles. The second-order valence-electron chi connectivity index (χ2n) is 8.14. The Morgan fingerprint density at radius 3 is 2.60 bits per heavy atom. The summed E-state index contributed by atoms with van der Waals surface area (Å²) in [5, 5.41) is 2.63. The number of halogens is 3.